The van der Waals surface area contributed by atoms with Crippen molar-refractivity contribution in [2.45, 2.75) is 50.6 Å². The molecule has 7 nitrogen and oxygen atoms in total. The number of piperidine rings is 1. The van der Waals surface area contributed by atoms with Crippen molar-refractivity contribution in [2.24, 2.45) is 4.99 Å². The molecule has 0 bridgehead atoms. The zero-order valence-corrected chi connectivity index (χ0v) is 20.8. The van der Waals surface area contributed by atoms with Gasteiger partial charge in [-0.15, -0.1) is 0 Å². The van der Waals surface area contributed by atoms with Crippen LogP contribution in [0.5, 0.6) is 5.75 Å². The molecule has 1 spiro atoms. The van der Waals surface area contributed by atoms with E-state index < -0.39 is 10.0 Å². The van der Waals surface area contributed by atoms with Gasteiger partial charge in [-0.1, -0.05) is 29.8 Å². The lowest BCUT2D eigenvalue weighted by molar-refractivity contribution is 0.241. The van der Waals surface area contributed by atoms with Gasteiger partial charge >= 0.3 is 0 Å². The van der Waals surface area contributed by atoms with Gasteiger partial charge in [-0.05, 0) is 62.4 Å². The summed E-state index contributed by atoms with van der Waals surface area (Å²) in [7, 11) is -1.88. The fourth-order valence-electron chi connectivity index (χ4n) is 5.08. The van der Waals surface area contributed by atoms with Crippen LogP contribution in [0.2, 0.25) is 0 Å². The van der Waals surface area contributed by atoms with Gasteiger partial charge < -0.3 is 15.4 Å². The Bertz CT molecular complexity index is 1110. The SMILES string of the molecule is COc1ccc(CNC2=NCCNC23CCN(S(=O)(=O)c2c(C)cc(C)cc2C)CC3)cc1. The highest BCUT2D eigenvalue weighted by Crippen LogP contribution is 2.31. The number of nitrogens with zero attached hydrogens (tertiary/aromatic N) is 2. The van der Waals surface area contributed by atoms with Crippen LogP contribution in [0.25, 0.3) is 0 Å². The number of amidine groups is 1. The average Bonchev–Trinajstić information content (AvgIpc) is 2.78. The van der Waals surface area contributed by atoms with Gasteiger partial charge in [0, 0.05) is 26.2 Å². The summed E-state index contributed by atoms with van der Waals surface area (Å²) in [6, 6.07) is 11.9. The summed E-state index contributed by atoms with van der Waals surface area (Å²) in [5, 5.41) is 7.17. The van der Waals surface area contributed by atoms with E-state index in [1.807, 2.05) is 57.2 Å². The van der Waals surface area contributed by atoms with Crippen molar-refractivity contribution < 1.29 is 13.2 Å². The lowest BCUT2D eigenvalue weighted by Crippen LogP contribution is -2.64. The average molecular weight is 471 g/mol. The summed E-state index contributed by atoms with van der Waals surface area (Å²) in [6.45, 7) is 8.87. The summed E-state index contributed by atoms with van der Waals surface area (Å²) in [6.07, 6.45) is 1.37. The summed E-state index contributed by atoms with van der Waals surface area (Å²) >= 11 is 0. The second-order valence-corrected chi connectivity index (χ2v) is 10.9. The number of nitrogens with one attached hydrogen (secondary N) is 2. The molecule has 2 aromatic rings. The van der Waals surface area contributed by atoms with Crippen LogP contribution >= 0.6 is 0 Å². The fourth-order valence-corrected chi connectivity index (χ4v) is 6.93. The van der Waals surface area contributed by atoms with Crippen LogP contribution in [0.3, 0.4) is 0 Å². The van der Waals surface area contributed by atoms with E-state index in [0.29, 0.717) is 37.4 Å². The molecule has 4 rings (SSSR count). The van der Waals surface area contributed by atoms with Crippen molar-refractivity contribution in [1.82, 2.24) is 14.9 Å². The predicted octanol–water partition coefficient (Wildman–Crippen LogP) is 2.94. The Morgan fingerprint density at radius 2 is 1.73 bits per heavy atom. The van der Waals surface area contributed by atoms with Gasteiger partial charge in [0.15, 0.2) is 0 Å². The first-order valence-electron chi connectivity index (χ1n) is 11.5. The molecule has 1 fully saturated rings. The molecule has 2 aliphatic heterocycles. The van der Waals surface area contributed by atoms with E-state index in [1.54, 1.807) is 11.4 Å². The van der Waals surface area contributed by atoms with E-state index in [9.17, 15) is 8.42 Å². The van der Waals surface area contributed by atoms with Crippen LogP contribution in [-0.4, -0.2) is 57.4 Å². The molecule has 0 saturated carbocycles. The number of methoxy groups -OCH3 is 1. The van der Waals surface area contributed by atoms with E-state index in [1.165, 1.54) is 0 Å². The minimum atomic E-state index is -3.54. The van der Waals surface area contributed by atoms with Gasteiger partial charge in [0.25, 0.3) is 0 Å². The van der Waals surface area contributed by atoms with Crippen molar-refractivity contribution in [3.63, 3.8) is 0 Å². The van der Waals surface area contributed by atoms with Gasteiger partial charge in [-0.2, -0.15) is 4.31 Å². The Morgan fingerprint density at radius 1 is 1.09 bits per heavy atom. The zero-order valence-electron chi connectivity index (χ0n) is 19.9. The Kier molecular flexibility index (Phi) is 6.79. The molecule has 2 aliphatic rings. The monoisotopic (exact) mass is 470 g/mol. The predicted molar refractivity (Wildman–Crippen MR) is 132 cm³/mol. The largest absolute Gasteiger partial charge is 0.497 e. The molecule has 0 radical (unpaired) electrons. The molecule has 0 aromatic heterocycles. The number of sulfonamides is 1. The quantitative estimate of drug-likeness (QED) is 0.702. The number of rotatable bonds is 5. The van der Waals surface area contributed by atoms with E-state index in [4.69, 9.17) is 9.73 Å². The lowest BCUT2D eigenvalue weighted by atomic mass is 9.85. The highest BCUT2D eigenvalue weighted by molar-refractivity contribution is 7.89. The van der Waals surface area contributed by atoms with Crippen LogP contribution in [0.4, 0.5) is 0 Å². The number of ether oxygens (including phenoxy) is 1. The minimum Gasteiger partial charge on any atom is -0.497 e. The molecule has 1 saturated heterocycles. The second kappa shape index (κ2) is 9.44. The molecule has 8 heteroatoms. The van der Waals surface area contributed by atoms with Crippen molar-refractivity contribution in [3.05, 3.63) is 58.7 Å². The number of hydrogen-bond donors (Lipinski definition) is 2. The molecular weight excluding hydrogens is 436 g/mol. The third-order valence-electron chi connectivity index (χ3n) is 6.70. The maximum atomic E-state index is 13.5. The Balaban J connectivity index is 1.47. The Morgan fingerprint density at radius 3 is 2.33 bits per heavy atom. The zero-order chi connectivity index (χ0) is 23.6. The van der Waals surface area contributed by atoms with Gasteiger partial charge in [-0.3, -0.25) is 4.99 Å². The maximum Gasteiger partial charge on any atom is 0.243 e. The topological polar surface area (TPSA) is 83.0 Å². The van der Waals surface area contributed by atoms with Gasteiger partial charge in [0.2, 0.25) is 10.0 Å². The highest BCUT2D eigenvalue weighted by Gasteiger charge is 2.43. The van der Waals surface area contributed by atoms with Crippen LogP contribution < -0.4 is 15.4 Å². The molecule has 2 aromatic carbocycles. The van der Waals surface area contributed by atoms with Crippen LogP contribution in [0.15, 0.2) is 46.3 Å². The molecule has 178 valence electrons. The first-order valence-corrected chi connectivity index (χ1v) is 12.9. The summed E-state index contributed by atoms with van der Waals surface area (Å²) < 4.78 is 33.9. The third kappa shape index (κ3) is 4.78. The van der Waals surface area contributed by atoms with E-state index >= 15 is 0 Å². The number of aliphatic imine (C=N–C) groups is 1. The summed E-state index contributed by atoms with van der Waals surface area (Å²) in [5.74, 6) is 1.77. The molecule has 0 amide bonds. The van der Waals surface area contributed by atoms with Crippen LogP contribution in [-0.2, 0) is 16.6 Å². The van der Waals surface area contributed by atoms with Crippen LogP contribution in [0, 0.1) is 20.8 Å². The molecule has 0 unspecified atom stereocenters. The summed E-state index contributed by atoms with van der Waals surface area (Å²) in [4.78, 5) is 5.24. The molecule has 2 N–H and O–H groups in total. The Hall–Kier alpha value is -2.42. The fraction of sp³-hybridized carbons (Fsp3) is 0.480. The first-order chi connectivity index (χ1) is 15.7. The standard InChI is InChI=1S/C25H34N4O3S/c1-18-15-19(2)23(20(3)16-18)33(30,31)29-13-9-25(10-14-29)24(26-11-12-28-25)27-17-21-5-7-22(32-4)8-6-21/h5-8,15-16,28H,9-14,17H2,1-4H3,(H,26,27). The van der Waals surface area contributed by atoms with Crippen molar-refractivity contribution in [2.75, 3.05) is 33.3 Å². The van der Waals surface area contributed by atoms with Gasteiger partial charge in [0.1, 0.15) is 11.6 Å². The van der Waals surface area contributed by atoms with E-state index in [2.05, 4.69) is 10.6 Å². The molecular formula is C25H34N4O3S. The second-order valence-electron chi connectivity index (χ2n) is 9.07. The summed E-state index contributed by atoms with van der Waals surface area (Å²) in [5.41, 5.74) is 3.54. The Labute approximate surface area is 197 Å². The normalized spacial score (nSPS) is 18.7. The maximum absolute atomic E-state index is 13.5. The molecule has 0 atom stereocenters. The van der Waals surface area contributed by atoms with Gasteiger partial charge in [0.05, 0.1) is 24.1 Å². The van der Waals surface area contributed by atoms with Crippen molar-refractivity contribution in [3.8, 4) is 5.75 Å². The van der Waals surface area contributed by atoms with Crippen molar-refractivity contribution in [1.29, 1.82) is 0 Å². The number of hydrogen-bond acceptors (Lipinski definition) is 6. The molecule has 2 heterocycles. The van der Waals surface area contributed by atoms with E-state index in [-0.39, 0.29) is 5.54 Å². The van der Waals surface area contributed by atoms with E-state index in [0.717, 1.165) is 46.9 Å². The lowest BCUT2D eigenvalue weighted by Gasteiger charge is -2.44. The first kappa shape index (κ1) is 23.7. The smallest absolute Gasteiger partial charge is 0.243 e. The molecule has 0 aliphatic carbocycles. The van der Waals surface area contributed by atoms with Crippen molar-refractivity contribution >= 4 is 15.9 Å². The highest BCUT2D eigenvalue weighted by atomic mass is 32.2. The number of aryl methyl sites for hydroxylation is 3. The number of benzene rings is 2. The van der Waals surface area contributed by atoms with Crippen LogP contribution in [0.1, 0.15) is 35.1 Å². The molecule has 33 heavy (non-hydrogen) atoms. The third-order valence-corrected chi connectivity index (χ3v) is 8.90. The van der Waals surface area contributed by atoms with Gasteiger partial charge in [-0.25, -0.2) is 8.42 Å². The minimum absolute atomic E-state index is 0.311.